The van der Waals surface area contributed by atoms with Crippen LogP contribution >= 0.6 is 12.2 Å². The lowest BCUT2D eigenvalue weighted by molar-refractivity contribution is 0.179. The smallest absolute Gasteiger partial charge is 0.173 e. The molecule has 1 rings (SSSR count). The molecule has 0 radical (unpaired) electrons. The second kappa shape index (κ2) is 7.18. The Kier molecular flexibility index (Phi) is 5.88. The first-order valence-electron chi connectivity index (χ1n) is 5.75. The minimum Gasteiger partial charge on any atom is -0.497 e. The normalized spacial score (nSPS) is 11.8. The topological polar surface area (TPSA) is 33.7 Å². The molecule has 0 heterocycles. The van der Waals surface area contributed by atoms with Crippen molar-refractivity contribution < 1.29 is 9.47 Å². The first-order chi connectivity index (χ1) is 8.58. The number of benzene rings is 1. The molecular formula is C13H20N2O2S. The Hall–Kier alpha value is -1.33. The van der Waals surface area contributed by atoms with Gasteiger partial charge in [0.2, 0.25) is 0 Å². The number of hydrogen-bond donors (Lipinski definition) is 1. The average molecular weight is 268 g/mol. The van der Waals surface area contributed by atoms with Crippen LogP contribution in [0.3, 0.4) is 0 Å². The highest BCUT2D eigenvalue weighted by atomic mass is 32.1. The molecule has 5 heteroatoms. The second-order valence-corrected chi connectivity index (χ2v) is 4.45. The molecule has 0 saturated heterocycles. The van der Waals surface area contributed by atoms with Gasteiger partial charge in [-0.05, 0) is 31.3 Å². The SMILES string of the molecule is COCC(C)NC(=S)N(C)c1cccc(OC)c1. The van der Waals surface area contributed by atoms with Crippen molar-refractivity contribution >= 4 is 23.0 Å². The maximum Gasteiger partial charge on any atom is 0.173 e. The summed E-state index contributed by atoms with van der Waals surface area (Å²) >= 11 is 5.35. The summed E-state index contributed by atoms with van der Waals surface area (Å²) in [5, 5.41) is 3.87. The monoisotopic (exact) mass is 268 g/mol. The van der Waals surface area contributed by atoms with Crippen molar-refractivity contribution in [3.05, 3.63) is 24.3 Å². The third-order valence-electron chi connectivity index (χ3n) is 2.53. The molecule has 0 aliphatic rings. The van der Waals surface area contributed by atoms with Gasteiger partial charge in [-0.1, -0.05) is 6.07 Å². The molecule has 0 aliphatic heterocycles. The van der Waals surface area contributed by atoms with Crippen LogP contribution in [-0.2, 0) is 4.74 Å². The van der Waals surface area contributed by atoms with Gasteiger partial charge < -0.3 is 19.7 Å². The minimum atomic E-state index is 0.176. The van der Waals surface area contributed by atoms with E-state index < -0.39 is 0 Å². The fraction of sp³-hybridized carbons (Fsp3) is 0.462. The van der Waals surface area contributed by atoms with Gasteiger partial charge in [0.1, 0.15) is 5.75 Å². The molecule has 18 heavy (non-hydrogen) atoms. The molecule has 0 amide bonds. The van der Waals surface area contributed by atoms with Crippen molar-refractivity contribution in [2.45, 2.75) is 13.0 Å². The molecule has 1 atom stereocenters. The van der Waals surface area contributed by atoms with Crippen LogP contribution < -0.4 is 15.0 Å². The van der Waals surface area contributed by atoms with Crippen molar-refractivity contribution in [1.29, 1.82) is 0 Å². The van der Waals surface area contributed by atoms with E-state index >= 15 is 0 Å². The Labute approximate surface area is 114 Å². The molecule has 1 unspecified atom stereocenters. The van der Waals surface area contributed by atoms with Gasteiger partial charge in [0.25, 0.3) is 0 Å². The van der Waals surface area contributed by atoms with Crippen LogP contribution in [-0.4, -0.2) is 39.0 Å². The van der Waals surface area contributed by atoms with E-state index in [1.807, 2.05) is 43.1 Å². The predicted octanol–water partition coefficient (Wildman–Crippen LogP) is 2.04. The van der Waals surface area contributed by atoms with Crippen LogP contribution in [0.5, 0.6) is 5.75 Å². The van der Waals surface area contributed by atoms with E-state index in [2.05, 4.69) is 5.32 Å². The minimum absolute atomic E-state index is 0.176. The maximum atomic E-state index is 5.35. The molecule has 0 spiro atoms. The van der Waals surface area contributed by atoms with Gasteiger partial charge in [0.15, 0.2) is 5.11 Å². The second-order valence-electron chi connectivity index (χ2n) is 4.07. The number of rotatable bonds is 5. The van der Waals surface area contributed by atoms with Crippen LogP contribution in [0.1, 0.15) is 6.92 Å². The molecule has 0 aliphatic carbocycles. The van der Waals surface area contributed by atoms with Gasteiger partial charge in [-0.2, -0.15) is 0 Å². The summed E-state index contributed by atoms with van der Waals surface area (Å²) in [5.41, 5.74) is 0.983. The van der Waals surface area contributed by atoms with Gasteiger partial charge in [-0.15, -0.1) is 0 Å². The molecule has 0 aromatic heterocycles. The predicted molar refractivity (Wildman–Crippen MR) is 78.5 cm³/mol. The average Bonchev–Trinajstić information content (AvgIpc) is 2.38. The van der Waals surface area contributed by atoms with Crippen LogP contribution in [0.4, 0.5) is 5.69 Å². The largest absolute Gasteiger partial charge is 0.497 e. The van der Waals surface area contributed by atoms with E-state index in [0.29, 0.717) is 11.7 Å². The molecule has 0 bridgehead atoms. The van der Waals surface area contributed by atoms with Gasteiger partial charge in [-0.3, -0.25) is 0 Å². The summed E-state index contributed by atoms with van der Waals surface area (Å²) in [5.74, 6) is 0.812. The number of thiocarbonyl (C=S) groups is 1. The van der Waals surface area contributed by atoms with E-state index in [-0.39, 0.29) is 6.04 Å². The summed E-state index contributed by atoms with van der Waals surface area (Å²) in [6, 6.07) is 7.94. The first kappa shape index (κ1) is 14.7. The van der Waals surface area contributed by atoms with E-state index in [1.165, 1.54) is 0 Å². The highest BCUT2D eigenvalue weighted by molar-refractivity contribution is 7.80. The van der Waals surface area contributed by atoms with Gasteiger partial charge in [0.05, 0.1) is 13.7 Å². The molecule has 0 fully saturated rings. The van der Waals surface area contributed by atoms with Crippen LogP contribution in [0.25, 0.3) is 0 Å². The lowest BCUT2D eigenvalue weighted by Gasteiger charge is -2.24. The van der Waals surface area contributed by atoms with Crippen LogP contribution in [0.2, 0.25) is 0 Å². The highest BCUT2D eigenvalue weighted by Gasteiger charge is 2.10. The fourth-order valence-corrected chi connectivity index (χ4v) is 1.84. The number of anilines is 1. The maximum absolute atomic E-state index is 5.35. The third kappa shape index (κ3) is 4.16. The van der Waals surface area contributed by atoms with Crippen LogP contribution in [0.15, 0.2) is 24.3 Å². The quantitative estimate of drug-likeness (QED) is 0.827. The van der Waals surface area contributed by atoms with E-state index in [4.69, 9.17) is 21.7 Å². The van der Waals surface area contributed by atoms with Gasteiger partial charge in [0, 0.05) is 32.0 Å². The fourth-order valence-electron chi connectivity index (χ4n) is 1.54. The van der Waals surface area contributed by atoms with E-state index in [9.17, 15) is 0 Å². The summed E-state index contributed by atoms with van der Waals surface area (Å²) in [6.07, 6.45) is 0. The van der Waals surface area contributed by atoms with Gasteiger partial charge >= 0.3 is 0 Å². The number of nitrogens with zero attached hydrogens (tertiary/aromatic N) is 1. The number of ether oxygens (including phenoxy) is 2. The Balaban J connectivity index is 2.67. The van der Waals surface area contributed by atoms with Crippen LogP contribution in [0, 0.1) is 0 Å². The number of hydrogen-bond acceptors (Lipinski definition) is 3. The molecule has 0 saturated carbocycles. The van der Waals surface area contributed by atoms with Gasteiger partial charge in [-0.25, -0.2) is 0 Å². The lowest BCUT2D eigenvalue weighted by atomic mass is 10.3. The Morgan fingerprint density at radius 3 is 2.78 bits per heavy atom. The van der Waals surface area contributed by atoms with Crippen molar-refractivity contribution in [3.63, 3.8) is 0 Å². The van der Waals surface area contributed by atoms with Crippen molar-refractivity contribution in [2.24, 2.45) is 0 Å². The first-order valence-corrected chi connectivity index (χ1v) is 6.16. The van der Waals surface area contributed by atoms with E-state index in [1.54, 1.807) is 14.2 Å². The molecule has 1 N–H and O–H groups in total. The lowest BCUT2D eigenvalue weighted by Crippen LogP contribution is -2.43. The number of methoxy groups -OCH3 is 2. The molecule has 100 valence electrons. The molecular weight excluding hydrogens is 248 g/mol. The Morgan fingerprint density at radius 2 is 2.17 bits per heavy atom. The summed E-state index contributed by atoms with van der Waals surface area (Å²) < 4.78 is 10.3. The Morgan fingerprint density at radius 1 is 1.44 bits per heavy atom. The molecule has 4 nitrogen and oxygen atoms in total. The zero-order chi connectivity index (χ0) is 13.5. The Bertz CT molecular complexity index is 398. The van der Waals surface area contributed by atoms with Crippen molar-refractivity contribution in [3.8, 4) is 5.75 Å². The zero-order valence-corrected chi connectivity index (χ0v) is 12.1. The van der Waals surface area contributed by atoms with E-state index in [0.717, 1.165) is 11.4 Å². The summed E-state index contributed by atoms with van der Waals surface area (Å²) in [7, 11) is 5.24. The summed E-state index contributed by atoms with van der Waals surface area (Å²) in [4.78, 5) is 1.91. The standard InChI is InChI=1S/C13H20N2O2S/c1-10(9-16-3)14-13(18)15(2)11-6-5-7-12(8-11)17-4/h5-8,10H,9H2,1-4H3,(H,14,18). The van der Waals surface area contributed by atoms with Crippen molar-refractivity contribution in [2.75, 3.05) is 32.8 Å². The molecule has 1 aromatic rings. The van der Waals surface area contributed by atoms with Crippen molar-refractivity contribution in [1.82, 2.24) is 5.32 Å². The summed E-state index contributed by atoms with van der Waals surface area (Å²) in [6.45, 7) is 2.64. The molecule has 1 aromatic carbocycles. The third-order valence-corrected chi connectivity index (χ3v) is 2.92. The highest BCUT2D eigenvalue weighted by Crippen LogP contribution is 2.19. The number of nitrogens with one attached hydrogen (secondary N) is 1. The zero-order valence-electron chi connectivity index (χ0n) is 11.3.